The summed E-state index contributed by atoms with van der Waals surface area (Å²) in [4.78, 5) is 0. The third kappa shape index (κ3) is 6.34. The molecule has 0 heterocycles. The Balaban J connectivity index is 2.06. The Labute approximate surface area is 205 Å². The summed E-state index contributed by atoms with van der Waals surface area (Å²) in [6.45, 7) is 8.75. The van der Waals surface area contributed by atoms with Gasteiger partial charge in [0, 0.05) is 18.6 Å². The Kier molecular flexibility index (Phi) is 9.07. The molecule has 0 radical (unpaired) electrons. The molecule has 0 amide bonds. The predicted octanol–water partition coefficient (Wildman–Crippen LogP) is 8.40. The maximum absolute atomic E-state index is 13.8. The van der Waals surface area contributed by atoms with Crippen molar-refractivity contribution in [1.82, 2.24) is 0 Å². The molecule has 1 aliphatic carbocycles. The number of phenols is 1. The largest absolute Gasteiger partial charge is 0.507 e. The summed E-state index contributed by atoms with van der Waals surface area (Å²) in [6.07, 6.45) is 11.0. The van der Waals surface area contributed by atoms with Crippen molar-refractivity contribution in [1.29, 1.82) is 0 Å². The summed E-state index contributed by atoms with van der Waals surface area (Å²) in [5, 5.41) is 11.8. The standard InChI is InChI=1S/C29H41O4P/c1-6-7-8-12-18-29(3,4)24-20-26(30)28(23-15-13-14-22(2)19-23)27(21-24)33-34(31,32-5)25-16-10-9-11-17-25/h9-11,16-17,19-21,23,30H,6-8,12-15,18H2,1-5H3. The van der Waals surface area contributed by atoms with Gasteiger partial charge in [-0.3, -0.25) is 4.52 Å². The molecule has 0 bridgehead atoms. The number of benzene rings is 2. The van der Waals surface area contributed by atoms with Gasteiger partial charge in [-0.1, -0.05) is 76.3 Å². The molecule has 0 saturated carbocycles. The Morgan fingerprint density at radius 1 is 1.12 bits per heavy atom. The molecule has 1 aliphatic rings. The molecule has 0 aromatic heterocycles. The molecule has 2 aromatic rings. The zero-order chi connectivity index (χ0) is 24.8. The quantitative estimate of drug-likeness (QED) is 0.198. The van der Waals surface area contributed by atoms with E-state index in [0.29, 0.717) is 16.6 Å². The van der Waals surface area contributed by atoms with Crippen LogP contribution >= 0.6 is 7.60 Å². The Morgan fingerprint density at radius 3 is 2.50 bits per heavy atom. The monoisotopic (exact) mass is 484 g/mol. The molecular weight excluding hydrogens is 443 g/mol. The molecule has 5 heteroatoms. The molecule has 2 unspecified atom stereocenters. The number of hydrogen-bond donors (Lipinski definition) is 1. The fourth-order valence-corrected chi connectivity index (χ4v) is 6.20. The topological polar surface area (TPSA) is 55.8 Å². The molecule has 4 nitrogen and oxygen atoms in total. The summed E-state index contributed by atoms with van der Waals surface area (Å²) >= 11 is 0. The highest BCUT2D eigenvalue weighted by Crippen LogP contribution is 2.52. The summed E-state index contributed by atoms with van der Waals surface area (Å²) in [7, 11) is -2.21. The van der Waals surface area contributed by atoms with E-state index in [2.05, 4.69) is 33.8 Å². The van der Waals surface area contributed by atoms with E-state index in [4.69, 9.17) is 9.05 Å². The highest BCUT2D eigenvalue weighted by atomic mass is 31.2. The second-order valence-electron chi connectivity index (χ2n) is 10.2. The van der Waals surface area contributed by atoms with Crippen molar-refractivity contribution in [3.05, 3.63) is 65.2 Å². The summed E-state index contributed by atoms with van der Waals surface area (Å²) in [5.41, 5.74) is 2.86. The Bertz CT molecular complexity index is 1030. The lowest BCUT2D eigenvalue weighted by Gasteiger charge is -2.30. The van der Waals surface area contributed by atoms with Gasteiger partial charge in [0.15, 0.2) is 0 Å². The number of hydrogen-bond acceptors (Lipinski definition) is 4. The summed E-state index contributed by atoms with van der Waals surface area (Å²) in [6, 6.07) is 12.9. The maximum atomic E-state index is 13.8. The van der Waals surface area contributed by atoms with Gasteiger partial charge in [0.1, 0.15) is 11.5 Å². The van der Waals surface area contributed by atoms with Crippen LogP contribution in [0.4, 0.5) is 0 Å². The van der Waals surface area contributed by atoms with Gasteiger partial charge in [-0.25, -0.2) is 4.57 Å². The number of phenolic OH excluding ortho intramolecular Hbond substituents is 1. The molecule has 34 heavy (non-hydrogen) atoms. The molecule has 2 atom stereocenters. The van der Waals surface area contributed by atoms with Crippen LogP contribution in [0.2, 0.25) is 0 Å². The highest BCUT2D eigenvalue weighted by Gasteiger charge is 2.33. The Hall–Kier alpha value is -2.03. The first-order valence-electron chi connectivity index (χ1n) is 12.7. The molecular formula is C29H41O4P. The summed E-state index contributed by atoms with van der Waals surface area (Å²) < 4.78 is 25.6. The van der Waals surface area contributed by atoms with Crippen molar-refractivity contribution in [2.24, 2.45) is 0 Å². The normalized spacial score (nSPS) is 18.3. The van der Waals surface area contributed by atoms with Gasteiger partial charge in [-0.2, -0.15) is 0 Å². The van der Waals surface area contributed by atoms with Crippen LogP contribution in [0.3, 0.4) is 0 Å². The van der Waals surface area contributed by atoms with Crippen LogP contribution in [0.15, 0.2) is 54.1 Å². The molecule has 0 spiro atoms. The minimum atomic E-state index is -3.62. The van der Waals surface area contributed by atoms with E-state index in [-0.39, 0.29) is 17.1 Å². The first-order chi connectivity index (χ1) is 16.2. The predicted molar refractivity (Wildman–Crippen MR) is 142 cm³/mol. The average Bonchev–Trinajstić information content (AvgIpc) is 2.82. The van der Waals surface area contributed by atoms with E-state index < -0.39 is 7.60 Å². The van der Waals surface area contributed by atoms with Gasteiger partial charge >= 0.3 is 7.60 Å². The van der Waals surface area contributed by atoms with E-state index in [9.17, 15) is 9.67 Å². The van der Waals surface area contributed by atoms with E-state index in [1.165, 1.54) is 31.9 Å². The van der Waals surface area contributed by atoms with E-state index >= 15 is 0 Å². The van der Waals surface area contributed by atoms with Crippen LogP contribution in [0.1, 0.15) is 96.1 Å². The lowest BCUT2D eigenvalue weighted by atomic mass is 9.78. The minimum Gasteiger partial charge on any atom is -0.507 e. The van der Waals surface area contributed by atoms with Crippen molar-refractivity contribution < 1.29 is 18.7 Å². The van der Waals surface area contributed by atoms with Crippen LogP contribution in [0.25, 0.3) is 0 Å². The molecule has 0 saturated heterocycles. The van der Waals surface area contributed by atoms with Crippen molar-refractivity contribution in [2.75, 3.05) is 7.11 Å². The second-order valence-corrected chi connectivity index (χ2v) is 12.3. The highest BCUT2D eigenvalue weighted by molar-refractivity contribution is 7.62. The van der Waals surface area contributed by atoms with E-state index in [1.54, 1.807) is 12.1 Å². The van der Waals surface area contributed by atoms with Crippen LogP contribution in [-0.4, -0.2) is 12.2 Å². The zero-order valence-electron chi connectivity index (χ0n) is 21.5. The first-order valence-corrected chi connectivity index (χ1v) is 14.2. The number of rotatable bonds is 11. The van der Waals surface area contributed by atoms with Gasteiger partial charge in [-0.05, 0) is 67.9 Å². The summed E-state index contributed by atoms with van der Waals surface area (Å²) in [5.74, 6) is 0.689. The van der Waals surface area contributed by atoms with Crippen molar-refractivity contribution in [3.8, 4) is 11.5 Å². The first kappa shape index (κ1) is 26.6. The molecule has 1 N–H and O–H groups in total. The number of unbranched alkanes of at least 4 members (excludes halogenated alkanes) is 3. The molecule has 3 rings (SSSR count). The molecule has 2 aromatic carbocycles. The van der Waals surface area contributed by atoms with Gasteiger partial charge < -0.3 is 9.63 Å². The molecule has 0 fully saturated rings. The van der Waals surface area contributed by atoms with Gasteiger partial charge in [0.2, 0.25) is 0 Å². The maximum Gasteiger partial charge on any atom is 0.410 e. The third-order valence-corrected chi connectivity index (χ3v) is 8.88. The Morgan fingerprint density at radius 2 is 1.85 bits per heavy atom. The van der Waals surface area contributed by atoms with Gasteiger partial charge in [-0.15, -0.1) is 0 Å². The molecule has 0 aliphatic heterocycles. The third-order valence-electron chi connectivity index (χ3n) is 7.03. The average molecular weight is 485 g/mol. The van der Waals surface area contributed by atoms with E-state index in [1.807, 2.05) is 30.3 Å². The fourth-order valence-electron chi connectivity index (χ4n) is 4.86. The minimum absolute atomic E-state index is 0.0199. The van der Waals surface area contributed by atoms with Gasteiger partial charge in [0.25, 0.3) is 0 Å². The lowest BCUT2D eigenvalue weighted by Crippen LogP contribution is -2.18. The fraction of sp³-hybridized carbons (Fsp3) is 0.517. The van der Waals surface area contributed by atoms with Crippen LogP contribution < -0.4 is 9.83 Å². The van der Waals surface area contributed by atoms with Crippen LogP contribution in [0.5, 0.6) is 11.5 Å². The second kappa shape index (κ2) is 11.6. The zero-order valence-corrected chi connectivity index (χ0v) is 22.4. The smallest absolute Gasteiger partial charge is 0.410 e. The molecule has 186 valence electrons. The number of allylic oxidation sites excluding steroid dienone is 2. The van der Waals surface area contributed by atoms with Crippen molar-refractivity contribution in [2.45, 2.75) is 90.4 Å². The van der Waals surface area contributed by atoms with Gasteiger partial charge in [0.05, 0.1) is 5.30 Å². The lowest BCUT2D eigenvalue weighted by molar-refractivity contribution is 0.330. The van der Waals surface area contributed by atoms with Crippen molar-refractivity contribution >= 4 is 12.9 Å². The van der Waals surface area contributed by atoms with Crippen molar-refractivity contribution in [3.63, 3.8) is 0 Å². The van der Waals surface area contributed by atoms with Crippen LogP contribution in [-0.2, 0) is 14.5 Å². The SMILES string of the molecule is CCCCCCC(C)(C)c1cc(O)c(C2C=C(C)CCC2)c(OP(=O)(OC)c2ccccc2)c1. The van der Waals surface area contributed by atoms with E-state index in [0.717, 1.165) is 37.7 Å². The number of aromatic hydroxyl groups is 1. The van der Waals surface area contributed by atoms with Crippen LogP contribution in [0, 0.1) is 0 Å².